The third kappa shape index (κ3) is 3.77. The largest absolute Gasteiger partial charge is 0.386 e. The van der Waals surface area contributed by atoms with Crippen LogP contribution in [0.1, 0.15) is 17.4 Å². The Balaban J connectivity index is 1.93. The Morgan fingerprint density at radius 1 is 1.48 bits per heavy atom. The van der Waals surface area contributed by atoms with Gasteiger partial charge in [-0.1, -0.05) is 29.5 Å². The van der Waals surface area contributed by atoms with E-state index in [1.54, 1.807) is 18.4 Å². The number of thiazole rings is 1. The van der Waals surface area contributed by atoms with Crippen LogP contribution in [0.3, 0.4) is 0 Å². The molecule has 5 nitrogen and oxygen atoms in total. The monoisotopic (exact) mass is 310 g/mol. The maximum Gasteiger partial charge on any atom is 0.307 e. The van der Waals surface area contributed by atoms with E-state index in [0.717, 1.165) is 11.3 Å². The van der Waals surface area contributed by atoms with Crippen molar-refractivity contribution in [3.63, 3.8) is 0 Å². The van der Waals surface area contributed by atoms with Gasteiger partial charge in [0.1, 0.15) is 12.4 Å². The molecule has 112 valence electrons. The number of aromatic nitrogens is 1. The predicted molar refractivity (Wildman–Crippen MR) is 77.7 cm³/mol. The zero-order valence-corrected chi connectivity index (χ0v) is 12.2. The molecule has 0 aliphatic carbocycles. The van der Waals surface area contributed by atoms with E-state index in [1.165, 1.54) is 22.8 Å². The fourth-order valence-electron chi connectivity index (χ4n) is 1.86. The zero-order valence-electron chi connectivity index (χ0n) is 11.4. The van der Waals surface area contributed by atoms with Crippen LogP contribution in [-0.2, 0) is 11.3 Å². The van der Waals surface area contributed by atoms with Crippen molar-refractivity contribution < 1.29 is 14.3 Å². The quantitative estimate of drug-likeness (QED) is 0.872. The van der Waals surface area contributed by atoms with Crippen molar-refractivity contribution in [2.24, 2.45) is 0 Å². The molecule has 1 heterocycles. The molecular weight excluding hydrogens is 295 g/mol. The molecule has 7 heteroatoms. The van der Waals surface area contributed by atoms with Crippen LogP contribution in [-0.4, -0.2) is 22.1 Å². The SMILES string of the molecule is Cc1csc(=O)n1CC(=O)NCC(O)c1ccccc1F. The van der Waals surface area contributed by atoms with Crippen LogP contribution in [0.15, 0.2) is 34.4 Å². The molecule has 1 unspecified atom stereocenters. The van der Waals surface area contributed by atoms with E-state index in [9.17, 15) is 19.1 Å². The highest BCUT2D eigenvalue weighted by molar-refractivity contribution is 7.07. The topological polar surface area (TPSA) is 71.3 Å². The summed E-state index contributed by atoms with van der Waals surface area (Å²) in [6.45, 7) is 1.51. The molecule has 0 radical (unpaired) electrons. The lowest BCUT2D eigenvalue weighted by molar-refractivity contribution is -0.122. The molecule has 0 aliphatic rings. The summed E-state index contributed by atoms with van der Waals surface area (Å²) in [5, 5.41) is 14.0. The number of halogens is 1. The number of aliphatic hydroxyl groups excluding tert-OH is 1. The molecule has 1 aromatic carbocycles. The van der Waals surface area contributed by atoms with Crippen LogP contribution in [0, 0.1) is 12.7 Å². The van der Waals surface area contributed by atoms with Crippen LogP contribution < -0.4 is 10.2 Å². The Labute approximate surface area is 124 Å². The summed E-state index contributed by atoms with van der Waals surface area (Å²) in [6, 6.07) is 5.84. The summed E-state index contributed by atoms with van der Waals surface area (Å²) < 4.78 is 14.8. The van der Waals surface area contributed by atoms with Gasteiger partial charge in [-0.3, -0.25) is 14.2 Å². The van der Waals surface area contributed by atoms with E-state index in [4.69, 9.17) is 0 Å². The molecule has 0 saturated carbocycles. The standard InChI is InChI=1S/C14H15FN2O3S/c1-9-8-21-14(20)17(9)7-13(19)16-6-12(18)10-4-2-3-5-11(10)15/h2-5,8,12,18H,6-7H2,1H3,(H,16,19). The molecule has 1 atom stereocenters. The summed E-state index contributed by atoms with van der Waals surface area (Å²) in [5.74, 6) is -0.932. The van der Waals surface area contributed by atoms with Gasteiger partial charge in [-0.25, -0.2) is 4.39 Å². The Morgan fingerprint density at radius 3 is 2.81 bits per heavy atom. The number of nitrogens with zero attached hydrogens (tertiary/aromatic N) is 1. The molecule has 2 N–H and O–H groups in total. The number of rotatable bonds is 5. The maximum absolute atomic E-state index is 13.5. The van der Waals surface area contributed by atoms with Gasteiger partial charge >= 0.3 is 4.87 Å². The van der Waals surface area contributed by atoms with Gasteiger partial charge in [0, 0.05) is 23.2 Å². The Bertz CT molecular complexity index is 696. The van der Waals surface area contributed by atoms with Gasteiger partial charge in [0.05, 0.1) is 6.10 Å². The van der Waals surface area contributed by atoms with Gasteiger partial charge in [0.2, 0.25) is 5.91 Å². The Hall–Kier alpha value is -1.99. The van der Waals surface area contributed by atoms with Crippen molar-refractivity contribution in [2.75, 3.05) is 6.54 Å². The van der Waals surface area contributed by atoms with Crippen molar-refractivity contribution in [2.45, 2.75) is 19.6 Å². The molecule has 0 bridgehead atoms. The first-order chi connectivity index (χ1) is 9.99. The second-order valence-electron chi connectivity index (χ2n) is 4.57. The van der Waals surface area contributed by atoms with Gasteiger partial charge < -0.3 is 10.4 Å². The summed E-state index contributed by atoms with van der Waals surface area (Å²) >= 11 is 1.02. The molecule has 2 aromatic rings. The van der Waals surface area contributed by atoms with Gasteiger partial charge in [-0.05, 0) is 13.0 Å². The molecule has 1 amide bonds. The van der Waals surface area contributed by atoms with E-state index in [-0.39, 0.29) is 23.5 Å². The fourth-order valence-corrected chi connectivity index (χ4v) is 2.60. The summed E-state index contributed by atoms with van der Waals surface area (Å²) in [4.78, 5) is 23.0. The zero-order chi connectivity index (χ0) is 15.4. The lowest BCUT2D eigenvalue weighted by Gasteiger charge is -2.13. The number of nitrogens with one attached hydrogen (secondary N) is 1. The highest BCUT2D eigenvalue weighted by Crippen LogP contribution is 2.15. The second-order valence-corrected chi connectivity index (χ2v) is 5.39. The third-order valence-corrected chi connectivity index (χ3v) is 3.92. The summed E-state index contributed by atoms with van der Waals surface area (Å²) in [7, 11) is 0. The van der Waals surface area contributed by atoms with Crippen LogP contribution in [0.25, 0.3) is 0 Å². The number of hydrogen-bond donors (Lipinski definition) is 2. The first-order valence-electron chi connectivity index (χ1n) is 6.33. The maximum atomic E-state index is 13.5. The number of carbonyl (C=O) groups is 1. The first kappa shape index (κ1) is 15.4. The lowest BCUT2D eigenvalue weighted by atomic mass is 10.1. The van der Waals surface area contributed by atoms with Crippen molar-refractivity contribution in [1.82, 2.24) is 9.88 Å². The number of hydrogen-bond acceptors (Lipinski definition) is 4. The molecular formula is C14H15FN2O3S. The third-order valence-electron chi connectivity index (χ3n) is 3.03. The molecule has 0 saturated heterocycles. The molecule has 0 fully saturated rings. The van der Waals surface area contributed by atoms with E-state index < -0.39 is 17.8 Å². The average molecular weight is 310 g/mol. The van der Waals surface area contributed by atoms with Crippen molar-refractivity contribution in [1.29, 1.82) is 0 Å². The van der Waals surface area contributed by atoms with E-state index >= 15 is 0 Å². The van der Waals surface area contributed by atoms with Crippen LogP contribution in [0.4, 0.5) is 4.39 Å². The van der Waals surface area contributed by atoms with Gasteiger partial charge in [0.25, 0.3) is 0 Å². The number of amides is 1. The number of aryl methyl sites for hydroxylation is 1. The highest BCUT2D eigenvalue weighted by atomic mass is 32.1. The summed E-state index contributed by atoms with van der Waals surface area (Å²) in [6.07, 6.45) is -1.13. The molecule has 0 spiro atoms. The van der Waals surface area contributed by atoms with E-state index in [2.05, 4.69) is 5.32 Å². The Morgan fingerprint density at radius 2 is 2.19 bits per heavy atom. The first-order valence-corrected chi connectivity index (χ1v) is 7.21. The number of aliphatic hydroxyl groups is 1. The van der Waals surface area contributed by atoms with Crippen LogP contribution in [0.5, 0.6) is 0 Å². The predicted octanol–water partition coefficient (Wildman–Crippen LogP) is 1.21. The normalized spacial score (nSPS) is 12.1. The number of carbonyl (C=O) groups excluding carboxylic acids is 1. The lowest BCUT2D eigenvalue weighted by Crippen LogP contribution is -2.33. The number of benzene rings is 1. The molecule has 2 rings (SSSR count). The highest BCUT2D eigenvalue weighted by Gasteiger charge is 2.14. The van der Waals surface area contributed by atoms with Crippen LogP contribution >= 0.6 is 11.3 Å². The van der Waals surface area contributed by atoms with Gasteiger partial charge in [-0.2, -0.15) is 0 Å². The minimum Gasteiger partial charge on any atom is -0.386 e. The van der Waals surface area contributed by atoms with Crippen molar-refractivity contribution in [3.8, 4) is 0 Å². The second kappa shape index (κ2) is 6.64. The Kier molecular flexibility index (Phi) is 4.87. The van der Waals surface area contributed by atoms with Crippen molar-refractivity contribution in [3.05, 3.63) is 56.4 Å². The van der Waals surface area contributed by atoms with Gasteiger partial charge in [0.15, 0.2) is 0 Å². The molecule has 0 aliphatic heterocycles. The van der Waals surface area contributed by atoms with Crippen LogP contribution in [0.2, 0.25) is 0 Å². The molecule has 1 aromatic heterocycles. The van der Waals surface area contributed by atoms with Crippen molar-refractivity contribution >= 4 is 17.2 Å². The average Bonchev–Trinajstić information content (AvgIpc) is 2.77. The summed E-state index contributed by atoms with van der Waals surface area (Å²) in [5.41, 5.74) is 0.830. The minimum atomic E-state index is -1.13. The van der Waals surface area contributed by atoms with E-state index in [1.807, 2.05) is 0 Å². The van der Waals surface area contributed by atoms with E-state index in [0.29, 0.717) is 5.69 Å². The fraction of sp³-hybridized carbons (Fsp3) is 0.286. The smallest absolute Gasteiger partial charge is 0.307 e. The van der Waals surface area contributed by atoms with Gasteiger partial charge in [-0.15, -0.1) is 0 Å². The minimum absolute atomic E-state index is 0.113. The molecule has 21 heavy (non-hydrogen) atoms.